The molecule has 0 saturated carbocycles. The van der Waals surface area contributed by atoms with Crippen LogP contribution in [-0.2, 0) is 4.79 Å². The van der Waals surface area contributed by atoms with Crippen LogP contribution in [-0.4, -0.2) is 27.3 Å². The lowest BCUT2D eigenvalue weighted by Crippen LogP contribution is -2.43. The average molecular weight is 280 g/mol. The lowest BCUT2D eigenvalue weighted by Gasteiger charge is -2.29. The van der Waals surface area contributed by atoms with Crippen LogP contribution in [0.15, 0.2) is 71.0 Å². The third-order valence-electron chi connectivity index (χ3n) is 3.69. The van der Waals surface area contributed by atoms with Gasteiger partial charge in [-0.05, 0) is 43.7 Å². The van der Waals surface area contributed by atoms with Crippen molar-refractivity contribution in [2.45, 2.75) is 19.4 Å². The van der Waals surface area contributed by atoms with Crippen LogP contribution >= 0.6 is 0 Å². The van der Waals surface area contributed by atoms with E-state index in [1.165, 1.54) is 12.2 Å². The topological polar surface area (TPSA) is 52.9 Å². The smallest absolute Gasteiger partial charge is 0.178 e. The largest absolute Gasteiger partial charge is 0.290 e. The van der Waals surface area contributed by atoms with Crippen LogP contribution in [0, 0.1) is 0 Å². The first-order chi connectivity index (χ1) is 10.00. The first kappa shape index (κ1) is 13.5. The fraction of sp³-hybridized carbons (Fsp3) is 0.176. The summed E-state index contributed by atoms with van der Waals surface area (Å²) in [5, 5.41) is 11.6. The second-order valence-corrected chi connectivity index (χ2v) is 5.55. The number of allylic oxidation sites excluding steroid dienone is 5. The van der Waals surface area contributed by atoms with Crippen LogP contribution in [0.4, 0.5) is 0 Å². The van der Waals surface area contributed by atoms with Crippen molar-refractivity contribution in [2.24, 2.45) is 4.99 Å². The molecule has 21 heavy (non-hydrogen) atoms. The summed E-state index contributed by atoms with van der Waals surface area (Å²) in [5.74, 6) is 0.396. The van der Waals surface area contributed by atoms with Crippen molar-refractivity contribution in [3.63, 3.8) is 0 Å². The van der Waals surface area contributed by atoms with Gasteiger partial charge in [-0.15, -0.1) is 0 Å². The number of ketones is 1. The molecule has 0 bridgehead atoms. The average Bonchev–Trinajstić information content (AvgIpc) is 2.72. The molecule has 1 heterocycles. The minimum atomic E-state index is -0.632. The van der Waals surface area contributed by atoms with Crippen LogP contribution in [0.1, 0.15) is 19.4 Å². The molecule has 1 N–H and O–H groups in total. The van der Waals surface area contributed by atoms with Crippen LogP contribution in [0.3, 0.4) is 0 Å². The van der Waals surface area contributed by atoms with Crippen LogP contribution in [0.5, 0.6) is 0 Å². The van der Waals surface area contributed by atoms with Gasteiger partial charge >= 0.3 is 0 Å². The Balaban J connectivity index is 2.11. The third kappa shape index (κ3) is 2.23. The van der Waals surface area contributed by atoms with Crippen LogP contribution in [0.2, 0.25) is 0 Å². The van der Waals surface area contributed by atoms with Crippen molar-refractivity contribution in [3.8, 4) is 0 Å². The van der Waals surface area contributed by atoms with Crippen molar-refractivity contribution in [2.75, 3.05) is 0 Å². The second kappa shape index (κ2) is 4.82. The highest BCUT2D eigenvalue weighted by atomic mass is 16.5. The molecule has 0 radical (unpaired) electrons. The Hall–Kier alpha value is -2.46. The molecule has 0 amide bonds. The lowest BCUT2D eigenvalue weighted by molar-refractivity contribution is -0.110. The molecule has 2 aliphatic rings. The molecule has 1 aliphatic heterocycles. The monoisotopic (exact) mass is 280 g/mol. The van der Waals surface area contributed by atoms with E-state index in [-0.39, 0.29) is 5.78 Å². The SMILES string of the molecule is CC1(C)C(c2ccccc2)=NC(=C2C=CC(=O)C=C2)N1O. The number of nitrogens with zero attached hydrogens (tertiary/aromatic N) is 2. The Kier molecular flexibility index (Phi) is 3.11. The fourth-order valence-corrected chi connectivity index (χ4v) is 2.46. The van der Waals surface area contributed by atoms with Gasteiger partial charge < -0.3 is 0 Å². The first-order valence-corrected chi connectivity index (χ1v) is 6.78. The number of carbonyl (C=O) groups is 1. The predicted molar refractivity (Wildman–Crippen MR) is 81.0 cm³/mol. The van der Waals surface area contributed by atoms with Crippen LogP contribution < -0.4 is 0 Å². The van der Waals surface area contributed by atoms with E-state index in [0.29, 0.717) is 5.82 Å². The molecule has 0 atom stereocenters. The Morgan fingerprint density at radius 1 is 1.05 bits per heavy atom. The number of hydroxylamine groups is 2. The molecule has 0 fully saturated rings. The second-order valence-electron chi connectivity index (χ2n) is 5.55. The van der Waals surface area contributed by atoms with Gasteiger partial charge in [0.1, 0.15) is 5.54 Å². The van der Waals surface area contributed by atoms with E-state index in [1.54, 1.807) is 12.2 Å². The molecule has 1 aliphatic carbocycles. The molecule has 0 aromatic heterocycles. The van der Waals surface area contributed by atoms with E-state index >= 15 is 0 Å². The molecule has 4 nitrogen and oxygen atoms in total. The van der Waals surface area contributed by atoms with Gasteiger partial charge in [-0.3, -0.25) is 10.0 Å². The predicted octanol–water partition coefficient (Wildman–Crippen LogP) is 2.87. The highest BCUT2D eigenvalue weighted by Crippen LogP contribution is 2.34. The summed E-state index contributed by atoms with van der Waals surface area (Å²) in [6.07, 6.45) is 6.29. The maximum Gasteiger partial charge on any atom is 0.178 e. The van der Waals surface area contributed by atoms with Crippen molar-refractivity contribution < 1.29 is 10.0 Å². The Bertz CT molecular complexity index is 692. The summed E-state index contributed by atoms with van der Waals surface area (Å²) in [7, 11) is 0. The standard InChI is InChI=1S/C17H16N2O2/c1-17(2)15(12-6-4-3-5-7-12)18-16(19(17)21)13-8-10-14(20)11-9-13/h3-11,21H,1-2H3. The number of carbonyl (C=O) groups excluding carboxylic acids is 1. The van der Waals surface area contributed by atoms with Crippen molar-refractivity contribution >= 4 is 11.5 Å². The maximum atomic E-state index is 11.2. The van der Waals surface area contributed by atoms with Gasteiger partial charge in [0.15, 0.2) is 11.6 Å². The van der Waals surface area contributed by atoms with E-state index in [1.807, 2.05) is 44.2 Å². The molecule has 1 aromatic rings. The van der Waals surface area contributed by atoms with Crippen LogP contribution in [0.25, 0.3) is 0 Å². The van der Waals surface area contributed by atoms with Gasteiger partial charge in [-0.25, -0.2) is 10.1 Å². The van der Waals surface area contributed by atoms with E-state index in [4.69, 9.17) is 0 Å². The van der Waals surface area contributed by atoms with E-state index in [2.05, 4.69) is 4.99 Å². The maximum absolute atomic E-state index is 11.2. The molecular formula is C17H16N2O2. The minimum Gasteiger partial charge on any atom is -0.290 e. The number of aliphatic imine (C=N–C) groups is 1. The number of benzene rings is 1. The molecule has 1 aromatic carbocycles. The summed E-state index contributed by atoms with van der Waals surface area (Å²) in [4.78, 5) is 15.8. The minimum absolute atomic E-state index is 0.0617. The van der Waals surface area contributed by atoms with Crippen molar-refractivity contribution in [1.82, 2.24) is 5.06 Å². The van der Waals surface area contributed by atoms with Gasteiger partial charge in [-0.2, -0.15) is 0 Å². The van der Waals surface area contributed by atoms with E-state index in [0.717, 1.165) is 21.9 Å². The fourth-order valence-electron chi connectivity index (χ4n) is 2.46. The summed E-state index contributed by atoms with van der Waals surface area (Å²) in [6, 6.07) is 9.77. The zero-order valence-corrected chi connectivity index (χ0v) is 11.9. The Labute approximate surface area is 123 Å². The normalized spacial score (nSPS) is 20.2. The first-order valence-electron chi connectivity index (χ1n) is 6.78. The molecule has 106 valence electrons. The Morgan fingerprint density at radius 3 is 2.29 bits per heavy atom. The molecule has 3 rings (SSSR count). The summed E-state index contributed by atoms with van der Waals surface area (Å²) < 4.78 is 0. The molecule has 4 heteroatoms. The summed E-state index contributed by atoms with van der Waals surface area (Å²) >= 11 is 0. The highest BCUT2D eigenvalue weighted by Gasteiger charge is 2.40. The molecule has 0 spiro atoms. The third-order valence-corrected chi connectivity index (χ3v) is 3.69. The van der Waals surface area contributed by atoms with Crippen molar-refractivity contribution in [3.05, 3.63) is 71.6 Å². The number of rotatable bonds is 1. The number of hydrogen-bond acceptors (Lipinski definition) is 4. The quantitative estimate of drug-likeness (QED) is 0.860. The van der Waals surface area contributed by atoms with Gasteiger partial charge in [0.05, 0.1) is 5.71 Å². The van der Waals surface area contributed by atoms with Crippen molar-refractivity contribution in [1.29, 1.82) is 0 Å². The highest BCUT2D eigenvalue weighted by molar-refractivity contribution is 6.09. The summed E-state index contributed by atoms with van der Waals surface area (Å²) in [5.41, 5.74) is 1.85. The lowest BCUT2D eigenvalue weighted by atomic mass is 9.93. The molecule has 0 saturated heterocycles. The summed E-state index contributed by atoms with van der Waals surface area (Å²) in [6.45, 7) is 3.82. The van der Waals surface area contributed by atoms with Gasteiger partial charge in [-0.1, -0.05) is 30.3 Å². The zero-order chi connectivity index (χ0) is 15.0. The van der Waals surface area contributed by atoms with Gasteiger partial charge in [0, 0.05) is 5.57 Å². The van der Waals surface area contributed by atoms with Gasteiger partial charge in [0.2, 0.25) is 0 Å². The zero-order valence-electron chi connectivity index (χ0n) is 11.9. The van der Waals surface area contributed by atoms with Gasteiger partial charge in [0.25, 0.3) is 0 Å². The molecular weight excluding hydrogens is 264 g/mol. The molecule has 0 unspecified atom stereocenters. The van der Waals surface area contributed by atoms with E-state index < -0.39 is 5.54 Å². The number of hydrogen-bond donors (Lipinski definition) is 1. The Morgan fingerprint density at radius 2 is 1.67 bits per heavy atom. The van der Waals surface area contributed by atoms with E-state index in [9.17, 15) is 10.0 Å².